The maximum absolute atomic E-state index is 11.0. The molecule has 0 heterocycles. The second-order valence-electron chi connectivity index (χ2n) is 3.95. The first kappa shape index (κ1) is 15.3. The smallest absolute Gasteiger partial charge is 0.335 e. The van der Waals surface area contributed by atoms with Crippen LogP contribution >= 0.6 is 27.5 Å². The molecule has 0 aliphatic carbocycles. The van der Waals surface area contributed by atoms with Gasteiger partial charge in [-0.05, 0) is 30.3 Å². The second-order valence-corrected chi connectivity index (χ2v) is 5.30. The first-order valence-corrected chi connectivity index (χ1v) is 6.69. The fourth-order valence-corrected chi connectivity index (χ4v) is 2.23. The second kappa shape index (κ2) is 6.11. The van der Waals surface area contributed by atoms with Crippen LogP contribution in [0, 0.1) is 10.1 Å². The van der Waals surface area contributed by atoms with Crippen molar-refractivity contribution >= 4 is 39.2 Å². The molecule has 0 unspecified atom stereocenters. The van der Waals surface area contributed by atoms with Crippen molar-refractivity contribution in [3.05, 3.63) is 61.6 Å². The van der Waals surface area contributed by atoms with Gasteiger partial charge in [-0.3, -0.25) is 10.1 Å². The molecule has 2 aromatic carbocycles. The van der Waals surface area contributed by atoms with Gasteiger partial charge in [0.1, 0.15) is 5.75 Å². The van der Waals surface area contributed by atoms with Crippen molar-refractivity contribution in [2.24, 2.45) is 0 Å². The molecule has 0 fully saturated rings. The van der Waals surface area contributed by atoms with Gasteiger partial charge in [-0.2, -0.15) is 0 Å². The molecule has 108 valence electrons. The number of rotatable bonds is 4. The number of carbonyl (C=O) groups is 1. The van der Waals surface area contributed by atoms with E-state index >= 15 is 0 Å². The number of hydrogen-bond donors (Lipinski definition) is 1. The van der Waals surface area contributed by atoms with Gasteiger partial charge in [-0.1, -0.05) is 27.5 Å². The monoisotopic (exact) mass is 371 g/mol. The number of hydrogen-bond acceptors (Lipinski definition) is 4. The lowest BCUT2D eigenvalue weighted by atomic mass is 10.2. The summed E-state index contributed by atoms with van der Waals surface area (Å²) in [5.41, 5.74) is -0.310. The number of ether oxygens (including phenoxy) is 1. The molecule has 2 rings (SSSR count). The Balaban J connectivity index is 2.43. The molecule has 0 bridgehead atoms. The van der Waals surface area contributed by atoms with Crippen LogP contribution in [-0.2, 0) is 0 Å². The molecule has 0 amide bonds. The van der Waals surface area contributed by atoms with Crippen molar-refractivity contribution in [2.75, 3.05) is 0 Å². The van der Waals surface area contributed by atoms with Gasteiger partial charge in [0.15, 0.2) is 0 Å². The number of nitro groups is 1. The van der Waals surface area contributed by atoms with E-state index in [-0.39, 0.29) is 27.8 Å². The molecule has 6 nitrogen and oxygen atoms in total. The molecule has 0 saturated heterocycles. The van der Waals surface area contributed by atoms with Crippen molar-refractivity contribution < 1.29 is 19.6 Å². The van der Waals surface area contributed by atoms with E-state index in [1.54, 1.807) is 0 Å². The first-order chi connectivity index (χ1) is 9.86. The van der Waals surface area contributed by atoms with E-state index in [1.807, 2.05) is 0 Å². The van der Waals surface area contributed by atoms with Gasteiger partial charge < -0.3 is 9.84 Å². The summed E-state index contributed by atoms with van der Waals surface area (Å²) in [6.07, 6.45) is 0. The third-order valence-electron chi connectivity index (χ3n) is 2.46. The van der Waals surface area contributed by atoms with Crippen LogP contribution in [0.3, 0.4) is 0 Å². The quantitative estimate of drug-likeness (QED) is 0.630. The predicted octanol–water partition coefficient (Wildman–Crippen LogP) is 4.50. The van der Waals surface area contributed by atoms with Crippen LogP contribution in [0.4, 0.5) is 5.69 Å². The maximum Gasteiger partial charge on any atom is 0.335 e. The van der Waals surface area contributed by atoms with Gasteiger partial charge in [0.05, 0.1) is 10.5 Å². The largest absolute Gasteiger partial charge is 0.478 e. The third-order valence-corrected chi connectivity index (χ3v) is 3.16. The summed E-state index contributed by atoms with van der Waals surface area (Å²) in [5, 5.41) is 20.2. The molecule has 0 atom stereocenters. The van der Waals surface area contributed by atoms with Gasteiger partial charge in [0.2, 0.25) is 5.75 Å². The van der Waals surface area contributed by atoms with E-state index < -0.39 is 10.9 Å². The Kier molecular flexibility index (Phi) is 4.44. The average molecular weight is 373 g/mol. The Morgan fingerprint density at radius 3 is 2.62 bits per heavy atom. The molecule has 2 aromatic rings. The molecule has 0 spiro atoms. The normalized spacial score (nSPS) is 10.2. The molecule has 0 aromatic heterocycles. The van der Waals surface area contributed by atoms with Gasteiger partial charge in [0, 0.05) is 15.6 Å². The summed E-state index contributed by atoms with van der Waals surface area (Å²) in [6, 6.07) is 8.12. The third kappa shape index (κ3) is 3.71. The molecule has 1 N–H and O–H groups in total. The summed E-state index contributed by atoms with van der Waals surface area (Å²) in [4.78, 5) is 21.3. The Bertz CT molecular complexity index is 734. The van der Waals surface area contributed by atoms with E-state index in [0.29, 0.717) is 4.47 Å². The Labute approximate surface area is 132 Å². The Hall–Kier alpha value is -2.12. The van der Waals surface area contributed by atoms with E-state index in [4.69, 9.17) is 21.4 Å². The molecule has 21 heavy (non-hydrogen) atoms. The molecule has 8 heteroatoms. The highest BCUT2D eigenvalue weighted by molar-refractivity contribution is 9.10. The van der Waals surface area contributed by atoms with Crippen LogP contribution in [0.2, 0.25) is 5.02 Å². The lowest BCUT2D eigenvalue weighted by Gasteiger charge is -2.08. The van der Waals surface area contributed by atoms with Crippen LogP contribution in [0.15, 0.2) is 40.9 Å². The molecule has 0 radical (unpaired) electrons. The van der Waals surface area contributed by atoms with Gasteiger partial charge in [-0.25, -0.2) is 4.79 Å². The highest BCUT2D eigenvalue weighted by atomic mass is 79.9. The average Bonchev–Trinajstić information content (AvgIpc) is 2.40. The van der Waals surface area contributed by atoms with Gasteiger partial charge in [-0.15, -0.1) is 0 Å². The number of halogens is 2. The number of nitro benzene ring substituents is 1. The molecular formula is C13H7BrClNO5. The number of aromatic carboxylic acids is 1. The Morgan fingerprint density at radius 2 is 2.00 bits per heavy atom. The van der Waals surface area contributed by atoms with E-state index in [1.165, 1.54) is 30.3 Å². The highest BCUT2D eigenvalue weighted by Gasteiger charge is 2.17. The van der Waals surface area contributed by atoms with E-state index in [9.17, 15) is 14.9 Å². The highest BCUT2D eigenvalue weighted by Crippen LogP contribution is 2.34. The summed E-state index contributed by atoms with van der Waals surface area (Å²) in [5.74, 6) is -1.00. The van der Waals surface area contributed by atoms with Gasteiger partial charge >= 0.3 is 11.7 Å². The van der Waals surface area contributed by atoms with Crippen molar-refractivity contribution in [3.63, 3.8) is 0 Å². The fraction of sp³-hybridized carbons (Fsp3) is 0. The summed E-state index contributed by atoms with van der Waals surface area (Å²) < 4.78 is 5.88. The summed E-state index contributed by atoms with van der Waals surface area (Å²) >= 11 is 8.87. The zero-order valence-corrected chi connectivity index (χ0v) is 12.6. The number of nitrogens with zero attached hydrogens (tertiary/aromatic N) is 1. The maximum atomic E-state index is 11.0. The minimum atomic E-state index is -1.13. The standard InChI is InChI=1S/C13H7BrClNO5/c14-8-3-7(13(17)18)4-10(5-8)21-12-2-1-9(15)6-11(12)16(19)20/h1-6H,(H,17,18). The van der Waals surface area contributed by atoms with Crippen LogP contribution in [0.25, 0.3) is 0 Å². The fourth-order valence-electron chi connectivity index (χ4n) is 1.59. The van der Waals surface area contributed by atoms with Crippen LogP contribution < -0.4 is 4.74 Å². The first-order valence-electron chi connectivity index (χ1n) is 5.52. The van der Waals surface area contributed by atoms with E-state index in [2.05, 4.69) is 15.9 Å². The zero-order chi connectivity index (χ0) is 15.6. The molecule has 0 aliphatic rings. The minimum Gasteiger partial charge on any atom is -0.478 e. The van der Waals surface area contributed by atoms with Crippen molar-refractivity contribution in [2.45, 2.75) is 0 Å². The lowest BCUT2D eigenvalue weighted by Crippen LogP contribution is -1.98. The van der Waals surface area contributed by atoms with Crippen LogP contribution in [0.1, 0.15) is 10.4 Å². The molecule has 0 aliphatic heterocycles. The minimum absolute atomic E-state index is 0.00371. The van der Waals surface area contributed by atoms with E-state index in [0.717, 1.165) is 6.07 Å². The number of carboxylic acid groups (broad SMARTS) is 1. The number of benzene rings is 2. The van der Waals surface area contributed by atoms with Crippen LogP contribution in [-0.4, -0.2) is 16.0 Å². The Morgan fingerprint density at radius 1 is 1.29 bits per heavy atom. The zero-order valence-electron chi connectivity index (χ0n) is 10.2. The van der Waals surface area contributed by atoms with Gasteiger partial charge in [0.25, 0.3) is 0 Å². The van der Waals surface area contributed by atoms with Crippen molar-refractivity contribution in [1.82, 2.24) is 0 Å². The topological polar surface area (TPSA) is 89.7 Å². The SMILES string of the molecule is O=C(O)c1cc(Br)cc(Oc2ccc(Cl)cc2[N+](=O)[O-])c1. The summed E-state index contributed by atoms with van der Waals surface area (Å²) in [6.45, 7) is 0. The molecular weight excluding hydrogens is 366 g/mol. The van der Waals surface area contributed by atoms with Crippen LogP contribution in [0.5, 0.6) is 11.5 Å². The number of carboxylic acids is 1. The van der Waals surface area contributed by atoms with Crippen molar-refractivity contribution in [3.8, 4) is 11.5 Å². The lowest BCUT2D eigenvalue weighted by molar-refractivity contribution is -0.385. The summed E-state index contributed by atoms with van der Waals surface area (Å²) in [7, 11) is 0. The van der Waals surface area contributed by atoms with Crippen molar-refractivity contribution in [1.29, 1.82) is 0 Å². The molecule has 0 saturated carbocycles. The predicted molar refractivity (Wildman–Crippen MR) is 79.3 cm³/mol.